The zero-order valence-corrected chi connectivity index (χ0v) is 19.1. The number of ether oxygens (including phenoxy) is 2. The molecule has 0 radical (unpaired) electrons. The summed E-state index contributed by atoms with van der Waals surface area (Å²) >= 11 is 0. The van der Waals surface area contributed by atoms with Crippen molar-refractivity contribution in [3.8, 4) is 5.75 Å². The largest absolute Gasteiger partial charge is 0.495 e. The van der Waals surface area contributed by atoms with Gasteiger partial charge in [0.15, 0.2) is 0 Å². The lowest BCUT2D eigenvalue weighted by molar-refractivity contribution is -0.114. The van der Waals surface area contributed by atoms with Crippen molar-refractivity contribution in [3.63, 3.8) is 0 Å². The number of carbonyl (C=O) groups excluding carboxylic acids is 3. The monoisotopic (exact) mass is 461 g/mol. The summed E-state index contributed by atoms with van der Waals surface area (Å²) in [6, 6.07) is 20.4. The van der Waals surface area contributed by atoms with Crippen molar-refractivity contribution in [3.05, 3.63) is 83.9 Å². The molecule has 0 spiro atoms. The van der Waals surface area contributed by atoms with E-state index in [4.69, 9.17) is 9.47 Å². The molecule has 0 saturated carbocycles. The average Bonchev–Trinajstić information content (AvgIpc) is 2.87. The van der Waals surface area contributed by atoms with E-state index in [0.29, 0.717) is 40.5 Å². The lowest BCUT2D eigenvalue weighted by Gasteiger charge is -2.11. The van der Waals surface area contributed by atoms with Crippen LogP contribution in [0, 0.1) is 0 Å². The van der Waals surface area contributed by atoms with Crippen molar-refractivity contribution in [2.24, 2.45) is 0 Å². The average molecular weight is 462 g/mol. The SMILES string of the molecule is CCCOC(=O)c1ccc(NCC(=O)Nc2ccc(C(=O)Nc3ccccc3OC)cc2)cc1. The van der Waals surface area contributed by atoms with Gasteiger partial charge in [0.2, 0.25) is 5.91 Å². The van der Waals surface area contributed by atoms with Crippen LogP contribution in [0.3, 0.4) is 0 Å². The highest BCUT2D eigenvalue weighted by Crippen LogP contribution is 2.24. The zero-order chi connectivity index (χ0) is 24.3. The minimum absolute atomic E-state index is 0.0374. The summed E-state index contributed by atoms with van der Waals surface area (Å²) in [6.07, 6.45) is 0.763. The molecule has 0 aliphatic heterocycles. The van der Waals surface area contributed by atoms with Gasteiger partial charge in [-0.3, -0.25) is 9.59 Å². The van der Waals surface area contributed by atoms with E-state index in [-0.39, 0.29) is 24.3 Å². The first-order valence-corrected chi connectivity index (χ1v) is 10.9. The maximum atomic E-state index is 12.5. The van der Waals surface area contributed by atoms with Gasteiger partial charge in [-0.2, -0.15) is 0 Å². The molecule has 3 aromatic carbocycles. The maximum absolute atomic E-state index is 12.5. The number of para-hydroxylation sites is 2. The molecule has 0 atom stereocenters. The highest BCUT2D eigenvalue weighted by Gasteiger charge is 2.10. The van der Waals surface area contributed by atoms with Crippen molar-refractivity contribution in [1.82, 2.24) is 0 Å². The molecule has 0 bridgehead atoms. The molecule has 0 aliphatic carbocycles. The highest BCUT2D eigenvalue weighted by atomic mass is 16.5. The number of hydrogen-bond acceptors (Lipinski definition) is 6. The third kappa shape index (κ3) is 6.83. The Balaban J connectivity index is 1.49. The molecular weight excluding hydrogens is 434 g/mol. The predicted molar refractivity (Wildman–Crippen MR) is 132 cm³/mol. The van der Waals surface area contributed by atoms with Crippen LogP contribution in [0.25, 0.3) is 0 Å². The Labute approximate surface area is 198 Å². The van der Waals surface area contributed by atoms with Gasteiger partial charge >= 0.3 is 5.97 Å². The van der Waals surface area contributed by atoms with Gasteiger partial charge < -0.3 is 25.4 Å². The lowest BCUT2D eigenvalue weighted by Crippen LogP contribution is -2.21. The third-order valence-corrected chi connectivity index (χ3v) is 4.80. The summed E-state index contributed by atoms with van der Waals surface area (Å²) < 4.78 is 10.3. The molecule has 3 N–H and O–H groups in total. The molecule has 0 saturated heterocycles. The minimum atomic E-state index is -0.369. The Kier molecular flexibility index (Phi) is 8.62. The van der Waals surface area contributed by atoms with E-state index in [1.54, 1.807) is 66.7 Å². The van der Waals surface area contributed by atoms with E-state index in [0.717, 1.165) is 6.42 Å². The summed E-state index contributed by atoms with van der Waals surface area (Å²) in [5.41, 5.74) is 2.74. The van der Waals surface area contributed by atoms with E-state index in [9.17, 15) is 14.4 Å². The number of rotatable bonds is 10. The number of methoxy groups -OCH3 is 1. The van der Waals surface area contributed by atoms with Gasteiger partial charge in [-0.1, -0.05) is 19.1 Å². The second-order valence-corrected chi connectivity index (χ2v) is 7.35. The van der Waals surface area contributed by atoms with Crippen molar-refractivity contribution in [2.75, 3.05) is 36.2 Å². The molecule has 0 unspecified atom stereocenters. The number of hydrogen-bond donors (Lipinski definition) is 3. The topological polar surface area (TPSA) is 106 Å². The van der Waals surface area contributed by atoms with Gasteiger partial charge in [-0.25, -0.2) is 4.79 Å². The van der Waals surface area contributed by atoms with Crippen LogP contribution in [-0.2, 0) is 9.53 Å². The Morgan fingerprint density at radius 1 is 0.794 bits per heavy atom. The smallest absolute Gasteiger partial charge is 0.338 e. The molecule has 0 aliphatic rings. The van der Waals surface area contributed by atoms with Crippen LogP contribution >= 0.6 is 0 Å². The second kappa shape index (κ2) is 12.1. The highest BCUT2D eigenvalue weighted by molar-refractivity contribution is 6.05. The molecule has 3 aromatic rings. The number of benzene rings is 3. The molecule has 3 rings (SSSR count). The van der Waals surface area contributed by atoms with Crippen LogP contribution in [0.2, 0.25) is 0 Å². The Morgan fingerprint density at radius 3 is 2.12 bits per heavy atom. The Bertz CT molecular complexity index is 1130. The summed E-state index contributed by atoms with van der Waals surface area (Å²) in [7, 11) is 1.54. The maximum Gasteiger partial charge on any atom is 0.338 e. The minimum Gasteiger partial charge on any atom is -0.495 e. The van der Waals surface area contributed by atoms with Gasteiger partial charge in [0.25, 0.3) is 5.91 Å². The van der Waals surface area contributed by atoms with E-state index in [2.05, 4.69) is 16.0 Å². The predicted octanol–water partition coefficient (Wildman–Crippen LogP) is 4.56. The first-order chi connectivity index (χ1) is 16.5. The fraction of sp³-hybridized carbons (Fsp3) is 0.192. The second-order valence-electron chi connectivity index (χ2n) is 7.35. The Hall–Kier alpha value is -4.33. The molecule has 0 heterocycles. The van der Waals surface area contributed by atoms with Gasteiger partial charge in [0, 0.05) is 16.9 Å². The summed E-state index contributed by atoms with van der Waals surface area (Å²) in [5, 5.41) is 8.58. The summed E-state index contributed by atoms with van der Waals surface area (Å²) in [6.45, 7) is 2.35. The van der Waals surface area contributed by atoms with Crippen molar-refractivity contribution in [1.29, 1.82) is 0 Å². The molecule has 176 valence electrons. The molecule has 34 heavy (non-hydrogen) atoms. The van der Waals surface area contributed by atoms with Crippen LogP contribution in [0.5, 0.6) is 5.75 Å². The quantitative estimate of drug-likeness (QED) is 0.382. The van der Waals surface area contributed by atoms with Crippen LogP contribution in [0.4, 0.5) is 17.1 Å². The van der Waals surface area contributed by atoms with Crippen LogP contribution in [0.15, 0.2) is 72.8 Å². The number of anilines is 3. The number of nitrogens with one attached hydrogen (secondary N) is 3. The van der Waals surface area contributed by atoms with Crippen molar-refractivity contribution >= 4 is 34.8 Å². The first-order valence-electron chi connectivity index (χ1n) is 10.9. The van der Waals surface area contributed by atoms with Gasteiger partial charge in [-0.15, -0.1) is 0 Å². The molecule has 8 heteroatoms. The number of carbonyl (C=O) groups is 3. The van der Waals surface area contributed by atoms with E-state index >= 15 is 0 Å². The van der Waals surface area contributed by atoms with Crippen LogP contribution in [-0.4, -0.2) is 38.0 Å². The molecule has 0 aromatic heterocycles. The number of esters is 1. The molecular formula is C26H27N3O5. The van der Waals surface area contributed by atoms with E-state index < -0.39 is 0 Å². The summed E-state index contributed by atoms with van der Waals surface area (Å²) in [4.78, 5) is 36.6. The molecule has 0 fully saturated rings. The Morgan fingerprint density at radius 2 is 1.44 bits per heavy atom. The normalized spacial score (nSPS) is 10.2. The molecule has 2 amide bonds. The van der Waals surface area contributed by atoms with E-state index in [1.807, 2.05) is 13.0 Å². The van der Waals surface area contributed by atoms with Crippen molar-refractivity contribution in [2.45, 2.75) is 13.3 Å². The number of amides is 2. The lowest BCUT2D eigenvalue weighted by atomic mass is 10.2. The van der Waals surface area contributed by atoms with E-state index in [1.165, 1.54) is 7.11 Å². The standard InChI is InChI=1S/C26H27N3O5/c1-3-16-34-26(32)19-10-12-20(13-11-19)27-17-24(30)28-21-14-8-18(9-15-21)25(31)29-22-6-4-5-7-23(22)33-2/h4-15,27H,3,16-17H2,1-2H3,(H,28,30)(H,29,31). The molecule has 8 nitrogen and oxygen atoms in total. The van der Waals surface area contributed by atoms with Crippen molar-refractivity contribution < 1.29 is 23.9 Å². The summed E-state index contributed by atoms with van der Waals surface area (Å²) in [5.74, 6) is -0.340. The third-order valence-electron chi connectivity index (χ3n) is 4.80. The van der Waals surface area contributed by atoms with Crippen LogP contribution < -0.4 is 20.7 Å². The fourth-order valence-electron chi connectivity index (χ4n) is 3.04. The van der Waals surface area contributed by atoms with Gasteiger partial charge in [0.1, 0.15) is 5.75 Å². The zero-order valence-electron chi connectivity index (χ0n) is 19.1. The van der Waals surface area contributed by atoms with Crippen LogP contribution in [0.1, 0.15) is 34.1 Å². The van der Waals surface area contributed by atoms with Gasteiger partial charge in [-0.05, 0) is 67.1 Å². The fourth-order valence-corrected chi connectivity index (χ4v) is 3.04. The van der Waals surface area contributed by atoms with Gasteiger partial charge in [0.05, 0.1) is 31.5 Å². The first kappa shape index (κ1) is 24.3.